The van der Waals surface area contributed by atoms with E-state index < -0.39 is 10.0 Å². The Labute approximate surface area is 183 Å². The number of hydrogen-bond donors (Lipinski definition) is 1. The van der Waals surface area contributed by atoms with E-state index in [1.807, 2.05) is 32.0 Å². The molecule has 5 nitrogen and oxygen atoms in total. The molecule has 1 aromatic heterocycles. The molecular weight excluding hydrogens is 472 g/mol. The summed E-state index contributed by atoms with van der Waals surface area (Å²) in [6, 6.07) is 14.0. The Bertz CT molecular complexity index is 1120. The number of halogens is 1. The van der Waals surface area contributed by atoms with Crippen LogP contribution in [0.1, 0.15) is 36.9 Å². The van der Waals surface area contributed by atoms with Crippen molar-refractivity contribution in [2.75, 3.05) is 10.8 Å². The molecule has 0 aliphatic rings. The predicted molar refractivity (Wildman–Crippen MR) is 123 cm³/mol. The number of sulfonamides is 1. The first-order chi connectivity index (χ1) is 13.8. The molecular formula is C21H23BrN2O3S2. The van der Waals surface area contributed by atoms with Crippen molar-refractivity contribution in [3.8, 4) is 0 Å². The second-order valence-electron chi connectivity index (χ2n) is 6.74. The van der Waals surface area contributed by atoms with Gasteiger partial charge in [0.05, 0.1) is 15.5 Å². The Morgan fingerprint density at radius 1 is 1.14 bits per heavy atom. The molecule has 0 saturated carbocycles. The number of nitrogens with one attached hydrogen (secondary N) is 1. The Hall–Kier alpha value is -1.90. The van der Waals surface area contributed by atoms with Crippen LogP contribution in [0, 0.1) is 0 Å². The van der Waals surface area contributed by atoms with Crippen LogP contribution in [0.5, 0.6) is 0 Å². The van der Waals surface area contributed by atoms with Crippen LogP contribution < -0.4 is 9.62 Å². The monoisotopic (exact) mass is 494 g/mol. The Balaban J connectivity index is 1.95. The SMILES string of the molecule is CC[C@@H](C)NC(=O)c1cc2cc(N(CC)S(=O)(=O)c3ccc(Br)cc3)ccc2s1. The standard InChI is InChI=1S/C21H23BrN2O3S2/c1-4-14(3)23-21(25)20-13-15-12-17(8-11-19(15)28-20)24(5-2)29(26,27)18-9-6-16(22)7-10-18/h6-14H,4-5H2,1-3H3,(H,23,25)/t14-/m1/s1. The summed E-state index contributed by atoms with van der Waals surface area (Å²) in [4.78, 5) is 13.3. The summed E-state index contributed by atoms with van der Waals surface area (Å²) in [5.74, 6) is -0.100. The van der Waals surface area contributed by atoms with E-state index in [0.717, 1.165) is 21.0 Å². The first kappa shape index (κ1) is 21.8. The second-order valence-corrected chi connectivity index (χ2v) is 10.6. The van der Waals surface area contributed by atoms with E-state index in [4.69, 9.17) is 0 Å². The number of hydrogen-bond acceptors (Lipinski definition) is 4. The lowest BCUT2D eigenvalue weighted by Gasteiger charge is -2.23. The molecule has 0 bridgehead atoms. The van der Waals surface area contributed by atoms with Gasteiger partial charge in [0.2, 0.25) is 0 Å². The van der Waals surface area contributed by atoms with Crippen LogP contribution in [0.3, 0.4) is 0 Å². The third kappa shape index (κ3) is 4.65. The largest absolute Gasteiger partial charge is 0.349 e. The molecule has 154 valence electrons. The molecule has 29 heavy (non-hydrogen) atoms. The zero-order valence-electron chi connectivity index (χ0n) is 16.5. The first-order valence-electron chi connectivity index (χ1n) is 9.39. The van der Waals surface area contributed by atoms with Crippen LogP contribution in [0.15, 0.2) is 57.9 Å². The fourth-order valence-corrected chi connectivity index (χ4v) is 5.60. The summed E-state index contributed by atoms with van der Waals surface area (Å²) in [6.45, 7) is 6.09. The highest BCUT2D eigenvalue weighted by molar-refractivity contribution is 9.10. The number of rotatable bonds is 7. The summed E-state index contributed by atoms with van der Waals surface area (Å²) < 4.78 is 29.4. The minimum Gasteiger partial charge on any atom is -0.349 e. The normalized spacial score (nSPS) is 12.7. The van der Waals surface area contributed by atoms with E-state index in [9.17, 15) is 13.2 Å². The molecule has 2 aromatic carbocycles. The number of fused-ring (bicyclic) bond motifs is 1. The molecule has 0 fully saturated rings. The molecule has 0 radical (unpaired) electrons. The van der Waals surface area contributed by atoms with Crippen molar-refractivity contribution in [3.05, 3.63) is 57.9 Å². The van der Waals surface area contributed by atoms with Crippen molar-refractivity contribution in [1.29, 1.82) is 0 Å². The quantitative estimate of drug-likeness (QED) is 0.477. The fourth-order valence-electron chi connectivity index (χ4n) is 2.92. The number of nitrogens with zero attached hydrogens (tertiary/aromatic N) is 1. The van der Waals surface area contributed by atoms with Gasteiger partial charge in [-0.15, -0.1) is 11.3 Å². The van der Waals surface area contributed by atoms with Gasteiger partial charge in [-0.2, -0.15) is 0 Å². The van der Waals surface area contributed by atoms with Crippen molar-refractivity contribution in [3.63, 3.8) is 0 Å². The highest BCUT2D eigenvalue weighted by atomic mass is 79.9. The third-order valence-corrected chi connectivity index (χ3v) is 8.25. The number of anilines is 1. The smallest absolute Gasteiger partial charge is 0.264 e. The van der Waals surface area contributed by atoms with Crippen molar-refractivity contribution in [1.82, 2.24) is 5.32 Å². The lowest BCUT2D eigenvalue weighted by atomic mass is 10.2. The lowest BCUT2D eigenvalue weighted by Crippen LogP contribution is -2.31. The van der Waals surface area contributed by atoms with E-state index >= 15 is 0 Å². The number of benzene rings is 2. The topological polar surface area (TPSA) is 66.5 Å². The minimum absolute atomic E-state index is 0.100. The first-order valence-corrected chi connectivity index (χ1v) is 12.4. The molecule has 3 aromatic rings. The average Bonchev–Trinajstić information content (AvgIpc) is 3.12. The van der Waals surface area contributed by atoms with E-state index in [-0.39, 0.29) is 16.8 Å². The van der Waals surface area contributed by atoms with Crippen molar-refractivity contribution in [2.45, 2.75) is 38.1 Å². The highest BCUT2D eigenvalue weighted by Crippen LogP contribution is 2.32. The van der Waals surface area contributed by atoms with Crippen LogP contribution >= 0.6 is 27.3 Å². The fraction of sp³-hybridized carbons (Fsp3) is 0.286. The zero-order valence-corrected chi connectivity index (χ0v) is 19.7. The van der Waals surface area contributed by atoms with Gasteiger partial charge in [0.15, 0.2) is 0 Å². The van der Waals surface area contributed by atoms with Gasteiger partial charge in [0, 0.05) is 21.8 Å². The molecule has 0 saturated heterocycles. The summed E-state index contributed by atoms with van der Waals surface area (Å²) >= 11 is 4.74. The number of thiophene rings is 1. The molecule has 0 unspecified atom stereocenters. The summed E-state index contributed by atoms with van der Waals surface area (Å²) in [5.41, 5.74) is 0.578. The van der Waals surface area contributed by atoms with E-state index in [0.29, 0.717) is 17.1 Å². The molecule has 0 aliphatic heterocycles. The van der Waals surface area contributed by atoms with E-state index in [2.05, 4.69) is 21.2 Å². The van der Waals surface area contributed by atoms with Crippen molar-refractivity contribution >= 4 is 59.0 Å². The molecule has 1 heterocycles. The molecule has 1 N–H and O–H groups in total. The minimum atomic E-state index is -3.68. The van der Waals surface area contributed by atoms with Gasteiger partial charge in [0.1, 0.15) is 0 Å². The predicted octanol–water partition coefficient (Wildman–Crippen LogP) is 5.41. The van der Waals surface area contributed by atoms with Crippen molar-refractivity contribution in [2.24, 2.45) is 0 Å². The van der Waals surface area contributed by atoms with Crippen LogP contribution in [-0.2, 0) is 10.0 Å². The summed E-state index contributed by atoms with van der Waals surface area (Å²) in [6.07, 6.45) is 0.861. The van der Waals surface area contributed by atoms with Crippen LogP contribution in [0.2, 0.25) is 0 Å². The maximum absolute atomic E-state index is 13.1. The maximum Gasteiger partial charge on any atom is 0.264 e. The Kier molecular flexibility index (Phi) is 6.65. The number of amides is 1. The Morgan fingerprint density at radius 3 is 2.45 bits per heavy atom. The van der Waals surface area contributed by atoms with Gasteiger partial charge in [-0.1, -0.05) is 22.9 Å². The molecule has 1 atom stereocenters. The number of carbonyl (C=O) groups excluding carboxylic acids is 1. The van der Waals surface area contributed by atoms with Crippen molar-refractivity contribution < 1.29 is 13.2 Å². The van der Waals surface area contributed by atoms with Crippen LogP contribution in [0.4, 0.5) is 5.69 Å². The molecule has 8 heteroatoms. The van der Waals surface area contributed by atoms with Crippen LogP contribution in [-0.4, -0.2) is 26.9 Å². The third-order valence-electron chi connectivity index (χ3n) is 4.69. The summed E-state index contributed by atoms with van der Waals surface area (Å²) in [5, 5.41) is 3.82. The maximum atomic E-state index is 13.1. The molecule has 3 rings (SSSR count). The average molecular weight is 495 g/mol. The van der Waals surface area contributed by atoms with Gasteiger partial charge >= 0.3 is 0 Å². The molecule has 1 amide bonds. The van der Waals surface area contributed by atoms with E-state index in [1.165, 1.54) is 15.6 Å². The molecule has 0 aliphatic carbocycles. The molecule has 0 spiro atoms. The van der Waals surface area contributed by atoms with Gasteiger partial charge in [0.25, 0.3) is 15.9 Å². The van der Waals surface area contributed by atoms with Gasteiger partial charge in [-0.3, -0.25) is 9.10 Å². The van der Waals surface area contributed by atoms with Gasteiger partial charge in [-0.25, -0.2) is 8.42 Å². The second kappa shape index (κ2) is 8.85. The number of carbonyl (C=O) groups is 1. The van der Waals surface area contributed by atoms with Gasteiger partial charge < -0.3 is 5.32 Å². The lowest BCUT2D eigenvalue weighted by molar-refractivity contribution is 0.0943. The van der Waals surface area contributed by atoms with Gasteiger partial charge in [-0.05, 0) is 74.2 Å². The van der Waals surface area contributed by atoms with Crippen LogP contribution in [0.25, 0.3) is 10.1 Å². The Morgan fingerprint density at radius 2 is 1.83 bits per heavy atom. The van der Waals surface area contributed by atoms with E-state index in [1.54, 1.807) is 37.3 Å². The highest BCUT2D eigenvalue weighted by Gasteiger charge is 2.24. The zero-order chi connectivity index (χ0) is 21.2. The summed E-state index contributed by atoms with van der Waals surface area (Å²) in [7, 11) is -3.68.